The van der Waals surface area contributed by atoms with Gasteiger partial charge in [-0.1, -0.05) is 0 Å². The van der Waals surface area contributed by atoms with E-state index in [4.69, 9.17) is 9.47 Å². The zero-order valence-corrected chi connectivity index (χ0v) is 15.8. The summed E-state index contributed by atoms with van der Waals surface area (Å²) in [4.78, 5) is 25.0. The number of hydrogen-bond donors (Lipinski definition) is 0. The molecule has 3 rings (SSSR count). The number of hydrogen-bond acceptors (Lipinski definition) is 6. The maximum Gasteiger partial charge on any atom is 0.247 e. The van der Waals surface area contributed by atoms with E-state index in [1.807, 2.05) is 0 Å². The Labute approximate surface area is 152 Å². The molecule has 0 bridgehead atoms. The van der Waals surface area contributed by atoms with Crippen LogP contribution >= 0.6 is 0 Å². The third-order valence-electron chi connectivity index (χ3n) is 4.59. The van der Waals surface area contributed by atoms with E-state index in [1.165, 1.54) is 29.6 Å². The summed E-state index contributed by atoms with van der Waals surface area (Å²) in [5.41, 5.74) is -0.486. The van der Waals surface area contributed by atoms with Gasteiger partial charge in [-0.25, -0.2) is 8.42 Å². The molecule has 2 amide bonds. The monoisotopic (exact) mass is 382 g/mol. The zero-order chi connectivity index (χ0) is 19.1. The number of imide groups is 1. The average molecular weight is 382 g/mol. The Morgan fingerprint density at radius 3 is 2.38 bits per heavy atom. The van der Waals surface area contributed by atoms with E-state index in [9.17, 15) is 18.0 Å². The number of morpholine rings is 1. The van der Waals surface area contributed by atoms with Crippen LogP contribution in [0.4, 0.5) is 5.69 Å². The zero-order valence-electron chi connectivity index (χ0n) is 15.0. The van der Waals surface area contributed by atoms with Crippen molar-refractivity contribution in [1.82, 2.24) is 4.31 Å². The van der Waals surface area contributed by atoms with Crippen LogP contribution in [-0.4, -0.2) is 56.9 Å². The Morgan fingerprint density at radius 1 is 1.15 bits per heavy atom. The Hall–Kier alpha value is -1.97. The van der Waals surface area contributed by atoms with Gasteiger partial charge in [-0.15, -0.1) is 0 Å². The van der Waals surface area contributed by atoms with Crippen molar-refractivity contribution in [3.8, 4) is 5.75 Å². The molecule has 2 aliphatic heterocycles. The van der Waals surface area contributed by atoms with Gasteiger partial charge in [0.2, 0.25) is 21.8 Å². The Kier molecular flexibility index (Phi) is 4.80. The first-order valence-electron chi connectivity index (χ1n) is 8.33. The molecule has 142 valence electrons. The number of nitrogens with zero attached hydrogens (tertiary/aromatic N) is 2. The second-order valence-corrected chi connectivity index (χ2v) is 8.73. The highest BCUT2D eigenvalue weighted by molar-refractivity contribution is 7.89. The normalized spacial score (nSPS) is 21.3. The van der Waals surface area contributed by atoms with Gasteiger partial charge in [0.15, 0.2) is 0 Å². The Balaban J connectivity index is 2.09. The fourth-order valence-corrected chi connectivity index (χ4v) is 5.21. The lowest BCUT2D eigenvalue weighted by molar-refractivity contribution is -0.121. The van der Waals surface area contributed by atoms with Gasteiger partial charge >= 0.3 is 0 Å². The molecular formula is C17H22N2O6S. The van der Waals surface area contributed by atoms with Crippen LogP contribution in [0.15, 0.2) is 23.1 Å². The molecule has 0 aromatic heterocycles. The van der Waals surface area contributed by atoms with Crippen molar-refractivity contribution in [3.05, 3.63) is 18.2 Å². The number of carbonyl (C=O) groups is 2. The topological polar surface area (TPSA) is 93.2 Å². The number of sulfonamides is 1. The van der Waals surface area contributed by atoms with Crippen LogP contribution in [0.1, 0.15) is 26.7 Å². The van der Waals surface area contributed by atoms with E-state index in [0.29, 0.717) is 6.61 Å². The summed E-state index contributed by atoms with van der Waals surface area (Å²) in [6.45, 7) is 4.36. The number of benzene rings is 1. The van der Waals surface area contributed by atoms with Crippen molar-refractivity contribution in [2.75, 3.05) is 31.8 Å². The molecular weight excluding hydrogens is 360 g/mol. The fourth-order valence-electron chi connectivity index (χ4n) is 3.28. The summed E-state index contributed by atoms with van der Waals surface area (Å²) >= 11 is 0. The molecule has 0 saturated carbocycles. The van der Waals surface area contributed by atoms with Crippen molar-refractivity contribution in [2.24, 2.45) is 0 Å². The van der Waals surface area contributed by atoms with Gasteiger partial charge in [-0.05, 0) is 32.0 Å². The van der Waals surface area contributed by atoms with Crippen LogP contribution in [0.5, 0.6) is 5.75 Å². The van der Waals surface area contributed by atoms with Crippen LogP contribution in [-0.2, 0) is 24.3 Å². The van der Waals surface area contributed by atoms with E-state index in [0.717, 1.165) is 4.90 Å². The minimum absolute atomic E-state index is 0.0695. The highest BCUT2D eigenvalue weighted by atomic mass is 32.2. The lowest BCUT2D eigenvalue weighted by Crippen LogP contribution is -2.55. The number of ether oxygens (including phenoxy) is 2. The van der Waals surface area contributed by atoms with Gasteiger partial charge in [0.25, 0.3) is 0 Å². The molecule has 0 aliphatic carbocycles. The molecule has 0 radical (unpaired) electrons. The van der Waals surface area contributed by atoms with Crippen LogP contribution in [0.3, 0.4) is 0 Å². The minimum atomic E-state index is -3.92. The van der Waals surface area contributed by atoms with Gasteiger partial charge in [-0.2, -0.15) is 4.31 Å². The SMILES string of the molecule is COc1ccc(N2C(=O)CCC2=O)cc1S(=O)(=O)N1CCOCC1(C)C. The Bertz CT molecular complexity index is 833. The first-order chi connectivity index (χ1) is 12.2. The smallest absolute Gasteiger partial charge is 0.247 e. The van der Waals surface area contributed by atoms with Gasteiger partial charge in [0.1, 0.15) is 10.6 Å². The van der Waals surface area contributed by atoms with Crippen LogP contribution in [0.2, 0.25) is 0 Å². The lowest BCUT2D eigenvalue weighted by atomic mass is 10.1. The third-order valence-corrected chi connectivity index (χ3v) is 6.73. The van der Waals surface area contributed by atoms with E-state index < -0.39 is 15.6 Å². The minimum Gasteiger partial charge on any atom is -0.495 e. The Morgan fingerprint density at radius 2 is 1.81 bits per heavy atom. The molecule has 8 nitrogen and oxygen atoms in total. The maximum atomic E-state index is 13.3. The number of methoxy groups -OCH3 is 1. The fraction of sp³-hybridized carbons (Fsp3) is 0.529. The van der Waals surface area contributed by atoms with Crippen LogP contribution < -0.4 is 9.64 Å². The van der Waals surface area contributed by atoms with Gasteiger partial charge in [-0.3, -0.25) is 14.5 Å². The molecule has 9 heteroatoms. The molecule has 2 heterocycles. The molecule has 2 aliphatic rings. The summed E-state index contributed by atoms with van der Waals surface area (Å²) in [7, 11) is -2.54. The second kappa shape index (κ2) is 6.64. The summed E-state index contributed by atoms with van der Waals surface area (Å²) in [6, 6.07) is 4.32. The first-order valence-corrected chi connectivity index (χ1v) is 9.77. The molecule has 0 atom stereocenters. The number of carbonyl (C=O) groups excluding carboxylic acids is 2. The summed E-state index contributed by atoms with van der Waals surface area (Å²) in [5, 5.41) is 0. The lowest BCUT2D eigenvalue weighted by Gasteiger charge is -2.40. The molecule has 1 aromatic rings. The highest BCUT2D eigenvalue weighted by Crippen LogP contribution is 2.36. The predicted octanol–water partition coefficient (Wildman–Crippen LogP) is 1.15. The molecule has 0 N–H and O–H groups in total. The average Bonchev–Trinajstić information content (AvgIpc) is 2.92. The van der Waals surface area contributed by atoms with Crippen molar-refractivity contribution in [2.45, 2.75) is 37.1 Å². The van der Waals surface area contributed by atoms with Gasteiger partial charge in [0, 0.05) is 19.4 Å². The number of anilines is 1. The van der Waals surface area contributed by atoms with Crippen LogP contribution in [0.25, 0.3) is 0 Å². The third kappa shape index (κ3) is 3.10. The number of amides is 2. The molecule has 0 spiro atoms. The summed E-state index contributed by atoms with van der Waals surface area (Å²) in [6.07, 6.45) is 0.257. The molecule has 2 fully saturated rings. The number of rotatable bonds is 4. The van der Waals surface area contributed by atoms with Gasteiger partial charge < -0.3 is 9.47 Å². The van der Waals surface area contributed by atoms with E-state index in [1.54, 1.807) is 13.8 Å². The largest absolute Gasteiger partial charge is 0.495 e. The van der Waals surface area contributed by atoms with Crippen LogP contribution in [0, 0.1) is 0 Å². The standard InChI is InChI=1S/C17H22N2O6S/c1-17(2)11-25-9-8-18(17)26(22,23)14-10-12(4-5-13(14)24-3)19-15(20)6-7-16(19)21/h4-5,10H,6-9,11H2,1-3H3. The molecule has 1 aromatic carbocycles. The summed E-state index contributed by atoms with van der Waals surface area (Å²) in [5.74, 6) is -0.513. The highest BCUT2D eigenvalue weighted by Gasteiger charge is 2.41. The van der Waals surface area contributed by atoms with Crippen molar-refractivity contribution < 1.29 is 27.5 Å². The predicted molar refractivity (Wildman–Crippen MR) is 93.5 cm³/mol. The van der Waals surface area contributed by atoms with E-state index in [2.05, 4.69) is 0 Å². The van der Waals surface area contributed by atoms with Crippen molar-refractivity contribution in [1.29, 1.82) is 0 Å². The summed E-state index contributed by atoms with van der Waals surface area (Å²) < 4.78 is 38.6. The second-order valence-electron chi connectivity index (χ2n) is 6.90. The molecule has 0 unspecified atom stereocenters. The molecule has 26 heavy (non-hydrogen) atoms. The maximum absolute atomic E-state index is 13.3. The van der Waals surface area contributed by atoms with Crippen molar-refractivity contribution in [3.63, 3.8) is 0 Å². The first kappa shape index (κ1) is 18.8. The molecule has 2 saturated heterocycles. The van der Waals surface area contributed by atoms with Crippen molar-refractivity contribution >= 4 is 27.5 Å². The quantitative estimate of drug-likeness (QED) is 0.725. The van der Waals surface area contributed by atoms with Gasteiger partial charge in [0.05, 0.1) is 31.5 Å². The van der Waals surface area contributed by atoms with E-state index in [-0.39, 0.29) is 54.1 Å². The van der Waals surface area contributed by atoms with E-state index >= 15 is 0 Å².